The van der Waals surface area contributed by atoms with Gasteiger partial charge < -0.3 is 15.5 Å². The molecule has 2 rings (SSSR count). The number of likely N-dealkylation sites (N-methyl/N-ethyl adjacent to an activating group) is 1. The van der Waals surface area contributed by atoms with Crippen LogP contribution in [-0.2, 0) is 4.79 Å². The van der Waals surface area contributed by atoms with E-state index in [1.807, 2.05) is 0 Å². The molecular weight excluding hydrogens is 254 g/mol. The van der Waals surface area contributed by atoms with Crippen LogP contribution in [0.15, 0.2) is 0 Å². The predicted molar refractivity (Wildman–Crippen MR) is 78.3 cm³/mol. The van der Waals surface area contributed by atoms with E-state index < -0.39 is 0 Å². The molecule has 5 nitrogen and oxygen atoms in total. The lowest BCUT2D eigenvalue weighted by Crippen LogP contribution is -2.51. The SMILES string of the molecule is C[C@@H]1CC(C)(C)CC[C@H]1NC(=O)N[C@@H]1CCN(C)C1=O. The van der Waals surface area contributed by atoms with E-state index in [9.17, 15) is 9.59 Å². The molecule has 20 heavy (non-hydrogen) atoms. The summed E-state index contributed by atoms with van der Waals surface area (Å²) in [6.45, 7) is 7.48. The Morgan fingerprint density at radius 2 is 2.00 bits per heavy atom. The van der Waals surface area contributed by atoms with Gasteiger partial charge in [-0.2, -0.15) is 0 Å². The zero-order chi connectivity index (χ0) is 14.9. The number of carbonyl (C=O) groups excluding carboxylic acids is 2. The second-order valence-corrected chi connectivity index (χ2v) is 7.21. The van der Waals surface area contributed by atoms with Crippen LogP contribution in [0.3, 0.4) is 0 Å². The van der Waals surface area contributed by atoms with E-state index >= 15 is 0 Å². The molecule has 5 heteroatoms. The van der Waals surface area contributed by atoms with Gasteiger partial charge >= 0.3 is 6.03 Å². The Morgan fingerprint density at radius 1 is 1.30 bits per heavy atom. The molecule has 1 saturated heterocycles. The van der Waals surface area contributed by atoms with Gasteiger partial charge in [0, 0.05) is 19.6 Å². The Hall–Kier alpha value is -1.26. The molecule has 1 heterocycles. The summed E-state index contributed by atoms with van der Waals surface area (Å²) in [4.78, 5) is 25.5. The van der Waals surface area contributed by atoms with Crippen molar-refractivity contribution in [3.63, 3.8) is 0 Å². The largest absolute Gasteiger partial charge is 0.344 e. The maximum atomic E-state index is 12.0. The smallest absolute Gasteiger partial charge is 0.315 e. The number of carbonyl (C=O) groups is 2. The van der Waals surface area contributed by atoms with Crippen LogP contribution >= 0.6 is 0 Å². The summed E-state index contributed by atoms with van der Waals surface area (Å²) < 4.78 is 0. The fourth-order valence-electron chi connectivity index (χ4n) is 3.49. The van der Waals surface area contributed by atoms with E-state index in [1.54, 1.807) is 11.9 Å². The number of nitrogens with one attached hydrogen (secondary N) is 2. The zero-order valence-electron chi connectivity index (χ0n) is 13.0. The van der Waals surface area contributed by atoms with E-state index in [0.29, 0.717) is 17.8 Å². The fraction of sp³-hybridized carbons (Fsp3) is 0.867. The topological polar surface area (TPSA) is 61.4 Å². The number of likely N-dealkylation sites (tertiary alicyclic amines) is 1. The van der Waals surface area contributed by atoms with Crippen LogP contribution in [0.2, 0.25) is 0 Å². The maximum Gasteiger partial charge on any atom is 0.315 e. The third-order valence-corrected chi connectivity index (χ3v) is 4.74. The Morgan fingerprint density at radius 3 is 2.55 bits per heavy atom. The summed E-state index contributed by atoms with van der Waals surface area (Å²) in [6.07, 6.45) is 3.98. The van der Waals surface area contributed by atoms with Crippen LogP contribution < -0.4 is 10.6 Å². The van der Waals surface area contributed by atoms with Crippen molar-refractivity contribution in [1.29, 1.82) is 0 Å². The van der Waals surface area contributed by atoms with E-state index in [1.165, 1.54) is 0 Å². The monoisotopic (exact) mass is 281 g/mol. The van der Waals surface area contributed by atoms with Crippen molar-refractivity contribution < 1.29 is 9.59 Å². The van der Waals surface area contributed by atoms with Gasteiger partial charge in [-0.15, -0.1) is 0 Å². The average Bonchev–Trinajstić information content (AvgIpc) is 2.64. The summed E-state index contributed by atoms with van der Waals surface area (Å²) >= 11 is 0. The molecule has 1 aliphatic carbocycles. The highest BCUT2D eigenvalue weighted by Gasteiger charge is 2.34. The molecule has 0 aromatic rings. The second-order valence-electron chi connectivity index (χ2n) is 7.21. The lowest BCUT2D eigenvalue weighted by Gasteiger charge is -2.39. The van der Waals surface area contributed by atoms with Gasteiger partial charge in [0.1, 0.15) is 6.04 Å². The first-order chi connectivity index (χ1) is 9.28. The van der Waals surface area contributed by atoms with Crippen molar-refractivity contribution in [2.45, 2.75) is 58.5 Å². The van der Waals surface area contributed by atoms with Crippen molar-refractivity contribution in [3.05, 3.63) is 0 Å². The third-order valence-electron chi connectivity index (χ3n) is 4.74. The third kappa shape index (κ3) is 3.44. The minimum Gasteiger partial charge on any atom is -0.344 e. The molecule has 3 amide bonds. The van der Waals surface area contributed by atoms with Crippen LogP contribution in [0, 0.1) is 11.3 Å². The summed E-state index contributed by atoms with van der Waals surface area (Å²) in [6, 6.07) is -0.331. The first-order valence-corrected chi connectivity index (χ1v) is 7.60. The highest BCUT2D eigenvalue weighted by molar-refractivity contribution is 5.88. The first-order valence-electron chi connectivity index (χ1n) is 7.60. The molecule has 0 spiro atoms. The standard InChI is InChI=1S/C15H27N3O2/c1-10-9-15(2,3)7-5-11(10)16-14(20)17-12-6-8-18(4)13(12)19/h10-12H,5-9H2,1-4H3,(H2,16,17,20)/t10-,11-,12-/m1/s1. The van der Waals surface area contributed by atoms with Gasteiger partial charge in [0.05, 0.1) is 0 Å². The van der Waals surface area contributed by atoms with Crippen LogP contribution in [0.1, 0.15) is 46.5 Å². The molecule has 1 aliphatic heterocycles. The molecule has 3 atom stereocenters. The number of amides is 3. The van der Waals surface area contributed by atoms with E-state index in [0.717, 1.165) is 25.8 Å². The van der Waals surface area contributed by atoms with Crippen LogP contribution in [-0.4, -0.2) is 42.5 Å². The molecule has 0 radical (unpaired) electrons. The average molecular weight is 281 g/mol. The van der Waals surface area contributed by atoms with Crippen molar-refractivity contribution in [3.8, 4) is 0 Å². The van der Waals surface area contributed by atoms with Gasteiger partial charge in [-0.3, -0.25) is 4.79 Å². The molecule has 1 saturated carbocycles. The molecule has 0 aromatic carbocycles. The molecule has 2 fully saturated rings. The maximum absolute atomic E-state index is 12.0. The van der Waals surface area contributed by atoms with Crippen molar-refractivity contribution in [2.75, 3.05) is 13.6 Å². The minimum atomic E-state index is -0.352. The van der Waals surface area contributed by atoms with Crippen molar-refractivity contribution in [2.24, 2.45) is 11.3 Å². The van der Waals surface area contributed by atoms with Gasteiger partial charge in [-0.25, -0.2) is 4.79 Å². The van der Waals surface area contributed by atoms with E-state index in [-0.39, 0.29) is 24.0 Å². The predicted octanol–water partition coefficient (Wildman–Crippen LogP) is 1.73. The van der Waals surface area contributed by atoms with E-state index in [4.69, 9.17) is 0 Å². The summed E-state index contributed by atoms with van der Waals surface area (Å²) in [5.41, 5.74) is 0.373. The van der Waals surface area contributed by atoms with Crippen molar-refractivity contribution in [1.82, 2.24) is 15.5 Å². The Bertz CT molecular complexity index is 395. The summed E-state index contributed by atoms with van der Waals surface area (Å²) in [5.74, 6) is 0.490. The number of nitrogens with zero attached hydrogens (tertiary/aromatic N) is 1. The Kier molecular flexibility index (Phi) is 4.25. The molecule has 2 N–H and O–H groups in total. The fourth-order valence-corrected chi connectivity index (χ4v) is 3.49. The van der Waals surface area contributed by atoms with Crippen LogP contribution in [0.25, 0.3) is 0 Å². The van der Waals surface area contributed by atoms with Gasteiger partial charge in [0.2, 0.25) is 5.91 Å². The minimum absolute atomic E-state index is 0.0120. The molecule has 2 aliphatic rings. The van der Waals surface area contributed by atoms with Crippen LogP contribution in [0.4, 0.5) is 4.79 Å². The molecule has 0 unspecified atom stereocenters. The zero-order valence-corrected chi connectivity index (χ0v) is 13.0. The van der Waals surface area contributed by atoms with Gasteiger partial charge in [0.25, 0.3) is 0 Å². The Balaban J connectivity index is 1.82. The number of hydrogen-bond acceptors (Lipinski definition) is 2. The second kappa shape index (κ2) is 5.62. The van der Waals surface area contributed by atoms with Crippen LogP contribution in [0.5, 0.6) is 0 Å². The molecule has 0 bridgehead atoms. The number of rotatable bonds is 2. The molecular formula is C15H27N3O2. The van der Waals surface area contributed by atoms with Crippen molar-refractivity contribution >= 4 is 11.9 Å². The lowest BCUT2D eigenvalue weighted by molar-refractivity contribution is -0.128. The van der Waals surface area contributed by atoms with Gasteiger partial charge in [-0.1, -0.05) is 20.8 Å². The normalized spacial score (nSPS) is 33.1. The quantitative estimate of drug-likeness (QED) is 0.810. The highest BCUT2D eigenvalue weighted by atomic mass is 16.2. The Labute approximate surface area is 121 Å². The van der Waals surface area contributed by atoms with Gasteiger partial charge in [-0.05, 0) is 37.0 Å². The van der Waals surface area contributed by atoms with Gasteiger partial charge in [0.15, 0.2) is 0 Å². The lowest BCUT2D eigenvalue weighted by atomic mass is 9.70. The summed E-state index contributed by atoms with van der Waals surface area (Å²) in [5, 5.41) is 5.85. The number of urea groups is 1. The first kappa shape index (κ1) is 15.1. The molecule has 0 aromatic heterocycles. The highest BCUT2D eigenvalue weighted by Crippen LogP contribution is 2.38. The summed E-state index contributed by atoms with van der Waals surface area (Å²) in [7, 11) is 1.77. The molecule has 114 valence electrons. The van der Waals surface area contributed by atoms with E-state index in [2.05, 4.69) is 31.4 Å². The number of hydrogen-bond donors (Lipinski definition) is 2.